The number of nitriles is 1. The van der Waals surface area contributed by atoms with E-state index in [2.05, 4.69) is 5.32 Å². The highest BCUT2D eigenvalue weighted by Gasteiger charge is 2.26. The smallest absolute Gasteiger partial charge is 0.343 e. The molecule has 0 fully saturated rings. The summed E-state index contributed by atoms with van der Waals surface area (Å²) >= 11 is 5.65. The number of aromatic nitrogens is 1. The summed E-state index contributed by atoms with van der Waals surface area (Å²) in [6.07, 6.45) is 3.31. The Kier molecular flexibility index (Phi) is 5.47. The number of aryl methyl sites for hydroxylation is 1. The van der Waals surface area contributed by atoms with E-state index in [0.29, 0.717) is 0 Å². The second-order valence-electron chi connectivity index (χ2n) is 5.66. The van der Waals surface area contributed by atoms with E-state index in [-0.39, 0.29) is 33.5 Å². The maximum atomic E-state index is 13.7. The van der Waals surface area contributed by atoms with Crippen LogP contribution in [0.4, 0.5) is 10.1 Å². The van der Waals surface area contributed by atoms with Crippen molar-refractivity contribution in [2.45, 2.75) is 6.92 Å². The molecule has 0 saturated heterocycles. The Balaban J connectivity index is 1.71. The number of rotatable bonds is 5. The molecule has 1 amide bonds. The molecule has 3 rings (SSSR count). The molecule has 3 aromatic rings. The molecular weight excluding hydrogens is 389 g/mol. The van der Waals surface area contributed by atoms with Crippen LogP contribution in [0.1, 0.15) is 21.7 Å². The van der Waals surface area contributed by atoms with Gasteiger partial charge in [0.05, 0.1) is 5.69 Å². The fourth-order valence-corrected chi connectivity index (χ4v) is 2.67. The standard InChI is InChI=1S/C19H13ClFN3O4/c1-11-17(13(9-22)18(28-11)24-6-2-3-7-24)19(26)27-10-16(25)23-15-5-4-12(20)8-14(15)21/h2-8H,10H2,1H3,(H,23,25). The summed E-state index contributed by atoms with van der Waals surface area (Å²) in [7, 11) is 0. The van der Waals surface area contributed by atoms with Crippen LogP contribution < -0.4 is 5.32 Å². The third kappa shape index (κ3) is 3.89. The molecule has 0 aliphatic carbocycles. The van der Waals surface area contributed by atoms with Gasteiger partial charge < -0.3 is 14.5 Å². The lowest BCUT2D eigenvalue weighted by molar-refractivity contribution is -0.119. The topological polar surface area (TPSA) is 97.3 Å². The van der Waals surface area contributed by atoms with Crippen LogP contribution in [0, 0.1) is 24.1 Å². The molecule has 1 aromatic carbocycles. The van der Waals surface area contributed by atoms with Crippen molar-refractivity contribution in [3.8, 4) is 12.0 Å². The third-order valence-electron chi connectivity index (χ3n) is 3.76. The van der Waals surface area contributed by atoms with Crippen molar-refractivity contribution in [1.82, 2.24) is 4.57 Å². The molecule has 0 aliphatic heterocycles. The fourth-order valence-electron chi connectivity index (χ4n) is 2.51. The van der Waals surface area contributed by atoms with Crippen molar-refractivity contribution in [1.29, 1.82) is 5.26 Å². The van der Waals surface area contributed by atoms with Gasteiger partial charge in [-0.3, -0.25) is 9.36 Å². The summed E-state index contributed by atoms with van der Waals surface area (Å²) < 4.78 is 25.7. The van der Waals surface area contributed by atoms with Crippen molar-refractivity contribution in [3.63, 3.8) is 0 Å². The van der Waals surface area contributed by atoms with Gasteiger partial charge >= 0.3 is 5.97 Å². The van der Waals surface area contributed by atoms with E-state index in [1.165, 1.54) is 19.1 Å². The largest absolute Gasteiger partial charge is 0.452 e. The number of esters is 1. The third-order valence-corrected chi connectivity index (χ3v) is 4.00. The number of nitrogens with one attached hydrogen (secondary N) is 1. The number of benzene rings is 1. The van der Waals surface area contributed by atoms with E-state index in [1.54, 1.807) is 29.1 Å². The monoisotopic (exact) mass is 401 g/mol. The minimum atomic E-state index is -0.900. The Morgan fingerprint density at radius 1 is 1.36 bits per heavy atom. The van der Waals surface area contributed by atoms with Crippen molar-refractivity contribution >= 4 is 29.2 Å². The highest BCUT2D eigenvalue weighted by molar-refractivity contribution is 6.30. The van der Waals surface area contributed by atoms with Crippen LogP contribution in [0.2, 0.25) is 5.02 Å². The number of amides is 1. The summed E-state index contributed by atoms with van der Waals surface area (Å²) in [5.41, 5.74) is -0.183. The maximum absolute atomic E-state index is 13.7. The molecule has 0 saturated carbocycles. The number of hydrogen-bond donors (Lipinski definition) is 1. The van der Waals surface area contributed by atoms with E-state index in [4.69, 9.17) is 20.8 Å². The summed E-state index contributed by atoms with van der Waals surface area (Å²) in [5, 5.41) is 11.9. The molecule has 142 valence electrons. The van der Waals surface area contributed by atoms with E-state index in [1.807, 2.05) is 6.07 Å². The van der Waals surface area contributed by atoms with E-state index < -0.39 is 24.3 Å². The number of halogens is 2. The molecule has 0 bridgehead atoms. The zero-order chi connectivity index (χ0) is 20.3. The van der Waals surface area contributed by atoms with Gasteiger partial charge in [-0.25, -0.2) is 9.18 Å². The Labute approximate surface area is 163 Å². The molecule has 2 aromatic heterocycles. The van der Waals surface area contributed by atoms with Crippen LogP contribution in [0.3, 0.4) is 0 Å². The summed E-state index contributed by atoms with van der Waals surface area (Å²) in [6, 6.07) is 9.12. The maximum Gasteiger partial charge on any atom is 0.343 e. The van der Waals surface area contributed by atoms with Crippen molar-refractivity contribution in [2.75, 3.05) is 11.9 Å². The quantitative estimate of drug-likeness (QED) is 0.655. The number of ether oxygens (including phenoxy) is 1. The first kappa shape index (κ1) is 19.2. The first-order chi connectivity index (χ1) is 13.4. The minimum absolute atomic E-state index is 0.0112. The Hall–Kier alpha value is -3.57. The lowest BCUT2D eigenvalue weighted by Gasteiger charge is -2.07. The first-order valence-corrected chi connectivity index (χ1v) is 8.37. The SMILES string of the molecule is Cc1oc(-n2cccc2)c(C#N)c1C(=O)OCC(=O)Nc1ccc(Cl)cc1F. The summed E-state index contributed by atoms with van der Waals surface area (Å²) in [4.78, 5) is 24.3. The Morgan fingerprint density at radius 2 is 2.07 bits per heavy atom. The van der Waals surface area contributed by atoms with Crippen LogP contribution in [0.25, 0.3) is 5.88 Å². The van der Waals surface area contributed by atoms with Gasteiger partial charge in [-0.05, 0) is 37.3 Å². The molecule has 2 heterocycles. The lowest BCUT2D eigenvalue weighted by atomic mass is 10.1. The Morgan fingerprint density at radius 3 is 2.71 bits per heavy atom. The predicted octanol–water partition coefficient (Wildman–Crippen LogP) is 3.84. The lowest BCUT2D eigenvalue weighted by Crippen LogP contribution is -2.22. The molecule has 0 atom stereocenters. The zero-order valence-corrected chi connectivity index (χ0v) is 15.3. The molecule has 0 unspecified atom stereocenters. The molecule has 1 N–H and O–H groups in total. The van der Waals surface area contributed by atoms with Gasteiger partial charge in [-0.2, -0.15) is 5.26 Å². The molecule has 7 nitrogen and oxygen atoms in total. The predicted molar refractivity (Wildman–Crippen MR) is 97.8 cm³/mol. The van der Waals surface area contributed by atoms with Gasteiger partial charge in [0.1, 0.15) is 28.8 Å². The van der Waals surface area contributed by atoms with E-state index >= 15 is 0 Å². The van der Waals surface area contributed by atoms with Crippen LogP contribution >= 0.6 is 11.6 Å². The van der Waals surface area contributed by atoms with Gasteiger partial charge in [-0.15, -0.1) is 0 Å². The fraction of sp³-hybridized carbons (Fsp3) is 0.105. The average molecular weight is 402 g/mol. The van der Waals surface area contributed by atoms with E-state index in [0.717, 1.165) is 6.07 Å². The zero-order valence-electron chi connectivity index (χ0n) is 14.5. The van der Waals surface area contributed by atoms with Crippen LogP contribution in [0.15, 0.2) is 47.1 Å². The van der Waals surface area contributed by atoms with Gasteiger partial charge in [0.2, 0.25) is 5.88 Å². The number of furan rings is 1. The summed E-state index contributed by atoms with van der Waals surface area (Å²) in [6.45, 7) is 0.836. The summed E-state index contributed by atoms with van der Waals surface area (Å²) in [5.74, 6) is -2.03. The minimum Gasteiger partial charge on any atom is -0.452 e. The molecule has 0 spiro atoms. The van der Waals surface area contributed by atoms with Crippen molar-refractivity contribution in [2.24, 2.45) is 0 Å². The van der Waals surface area contributed by atoms with Gasteiger partial charge in [-0.1, -0.05) is 11.6 Å². The first-order valence-electron chi connectivity index (χ1n) is 7.99. The van der Waals surface area contributed by atoms with Crippen molar-refractivity contribution in [3.05, 3.63) is 70.5 Å². The number of nitrogens with zero attached hydrogens (tertiary/aromatic N) is 2. The highest BCUT2D eigenvalue weighted by Crippen LogP contribution is 2.26. The second-order valence-corrected chi connectivity index (χ2v) is 6.10. The van der Waals surface area contributed by atoms with Crippen LogP contribution in [-0.2, 0) is 9.53 Å². The molecular formula is C19H13ClFN3O4. The van der Waals surface area contributed by atoms with Crippen LogP contribution in [-0.4, -0.2) is 23.1 Å². The number of carbonyl (C=O) groups is 2. The average Bonchev–Trinajstić information content (AvgIpc) is 3.29. The number of anilines is 1. The number of carbonyl (C=O) groups excluding carboxylic acids is 2. The normalized spacial score (nSPS) is 10.4. The van der Waals surface area contributed by atoms with Gasteiger partial charge in [0.25, 0.3) is 5.91 Å². The van der Waals surface area contributed by atoms with Gasteiger partial charge in [0, 0.05) is 17.4 Å². The highest BCUT2D eigenvalue weighted by atomic mass is 35.5. The molecule has 9 heteroatoms. The second kappa shape index (κ2) is 7.98. The molecule has 0 aliphatic rings. The van der Waals surface area contributed by atoms with Crippen LogP contribution in [0.5, 0.6) is 0 Å². The Bertz CT molecular complexity index is 1080. The molecule has 28 heavy (non-hydrogen) atoms. The van der Waals surface area contributed by atoms with Gasteiger partial charge in [0.15, 0.2) is 6.61 Å². The van der Waals surface area contributed by atoms with Crippen molar-refractivity contribution < 1.29 is 23.1 Å². The van der Waals surface area contributed by atoms with E-state index in [9.17, 15) is 19.2 Å². The number of hydrogen-bond acceptors (Lipinski definition) is 5. The molecule has 0 radical (unpaired) electrons.